The molecule has 0 aromatic heterocycles. The maximum absolute atomic E-state index is 14.2. The van der Waals surface area contributed by atoms with Gasteiger partial charge in [0.15, 0.2) is 0 Å². The van der Waals surface area contributed by atoms with Crippen LogP contribution in [0.1, 0.15) is 22.8 Å². The van der Waals surface area contributed by atoms with Crippen LogP contribution in [-0.4, -0.2) is 36.3 Å². The number of nitrogens with zero attached hydrogens (tertiary/aromatic N) is 1. The van der Waals surface area contributed by atoms with Crippen LogP contribution in [0.4, 0.5) is 20.2 Å². The zero-order chi connectivity index (χ0) is 24.8. The number of anilines is 2. The lowest BCUT2D eigenvalue weighted by Crippen LogP contribution is -2.46. The van der Waals surface area contributed by atoms with E-state index >= 15 is 0 Å². The van der Waals surface area contributed by atoms with Gasteiger partial charge < -0.3 is 15.5 Å². The van der Waals surface area contributed by atoms with Crippen molar-refractivity contribution in [3.63, 3.8) is 0 Å². The van der Waals surface area contributed by atoms with E-state index in [0.29, 0.717) is 23.8 Å². The summed E-state index contributed by atoms with van der Waals surface area (Å²) in [6, 6.07) is 18.2. The van der Waals surface area contributed by atoms with Gasteiger partial charge >= 0.3 is 0 Å². The van der Waals surface area contributed by atoms with Gasteiger partial charge in [0.25, 0.3) is 5.91 Å². The maximum Gasteiger partial charge on any atom is 0.254 e. The van der Waals surface area contributed by atoms with Crippen molar-refractivity contribution in [1.29, 1.82) is 0 Å². The molecular formula is C26H26F2N4O2S. The van der Waals surface area contributed by atoms with Crippen LogP contribution in [0.5, 0.6) is 0 Å². The maximum atomic E-state index is 14.2. The van der Waals surface area contributed by atoms with Gasteiger partial charge in [0, 0.05) is 19.0 Å². The van der Waals surface area contributed by atoms with E-state index < -0.39 is 29.5 Å². The van der Waals surface area contributed by atoms with E-state index in [9.17, 15) is 18.4 Å². The highest BCUT2D eigenvalue weighted by atomic mass is 32.2. The van der Waals surface area contributed by atoms with Crippen LogP contribution < -0.4 is 20.3 Å². The van der Waals surface area contributed by atoms with Crippen LogP contribution in [0.15, 0.2) is 72.8 Å². The minimum absolute atomic E-state index is 0.156. The van der Waals surface area contributed by atoms with Gasteiger partial charge in [-0.1, -0.05) is 54.4 Å². The molecule has 9 heteroatoms. The highest BCUT2D eigenvalue weighted by molar-refractivity contribution is 7.97. The van der Waals surface area contributed by atoms with Gasteiger partial charge in [-0.15, -0.1) is 0 Å². The van der Waals surface area contributed by atoms with E-state index in [1.165, 1.54) is 42.3 Å². The van der Waals surface area contributed by atoms with E-state index in [-0.39, 0.29) is 18.0 Å². The number of rotatable bonds is 7. The quantitative estimate of drug-likeness (QED) is 0.424. The van der Waals surface area contributed by atoms with Gasteiger partial charge in [-0.05, 0) is 42.8 Å². The Labute approximate surface area is 207 Å². The first-order valence-corrected chi connectivity index (χ1v) is 12.2. The Morgan fingerprint density at radius 3 is 2.57 bits per heavy atom. The summed E-state index contributed by atoms with van der Waals surface area (Å²) in [7, 11) is 0. The molecule has 1 saturated heterocycles. The molecule has 0 radical (unpaired) electrons. The highest BCUT2D eigenvalue weighted by Crippen LogP contribution is 2.30. The molecule has 0 saturated carbocycles. The summed E-state index contributed by atoms with van der Waals surface area (Å²) in [6.07, 6.45) is 0.179. The van der Waals surface area contributed by atoms with E-state index in [2.05, 4.69) is 15.4 Å². The second-order valence-corrected chi connectivity index (χ2v) is 9.14. The fraction of sp³-hybridized carbons (Fsp3) is 0.231. The Morgan fingerprint density at radius 2 is 1.83 bits per heavy atom. The van der Waals surface area contributed by atoms with Crippen molar-refractivity contribution in [3.8, 4) is 0 Å². The van der Waals surface area contributed by atoms with Crippen LogP contribution in [0.25, 0.3) is 0 Å². The number of amides is 2. The highest BCUT2D eigenvalue weighted by Gasteiger charge is 2.26. The molecule has 2 unspecified atom stereocenters. The third-order valence-electron chi connectivity index (χ3n) is 5.58. The van der Waals surface area contributed by atoms with Crippen LogP contribution in [0, 0.1) is 11.6 Å². The first-order chi connectivity index (χ1) is 16.9. The van der Waals surface area contributed by atoms with Crippen LogP contribution in [0.3, 0.4) is 0 Å². The minimum atomic E-state index is -1.02. The average Bonchev–Trinajstić information content (AvgIpc) is 2.84. The van der Waals surface area contributed by atoms with Crippen molar-refractivity contribution in [2.75, 3.05) is 22.6 Å². The lowest BCUT2D eigenvalue weighted by atomic mass is 10.0. The molecule has 3 aromatic carbocycles. The van der Waals surface area contributed by atoms with E-state index in [0.717, 1.165) is 5.56 Å². The summed E-state index contributed by atoms with van der Waals surface area (Å²) >= 11 is 1.53. The molecule has 1 fully saturated rings. The van der Waals surface area contributed by atoms with E-state index in [1.807, 2.05) is 42.2 Å². The molecule has 2 atom stereocenters. The predicted molar refractivity (Wildman–Crippen MR) is 135 cm³/mol. The van der Waals surface area contributed by atoms with E-state index in [4.69, 9.17) is 0 Å². The zero-order valence-corrected chi connectivity index (χ0v) is 19.9. The number of carbonyl (C=O) groups is 2. The normalized spacial score (nSPS) is 16.4. The molecule has 0 spiro atoms. The minimum Gasteiger partial charge on any atom is -0.358 e. The van der Waals surface area contributed by atoms with Crippen LogP contribution in [-0.2, 0) is 11.2 Å². The van der Waals surface area contributed by atoms with Gasteiger partial charge in [0.05, 0.1) is 22.8 Å². The molecule has 3 aromatic rings. The Bertz CT molecular complexity index is 1190. The molecule has 1 aliphatic heterocycles. The number of halogens is 2. The smallest absolute Gasteiger partial charge is 0.254 e. The zero-order valence-electron chi connectivity index (χ0n) is 19.1. The molecule has 1 aliphatic rings. The number of nitrogens with one attached hydrogen (secondary N) is 3. The van der Waals surface area contributed by atoms with Crippen molar-refractivity contribution in [2.24, 2.45) is 0 Å². The molecule has 0 aliphatic carbocycles. The molecule has 3 N–H and O–H groups in total. The Morgan fingerprint density at radius 1 is 1.09 bits per heavy atom. The number of hydrogen-bond donors (Lipinski definition) is 3. The van der Waals surface area contributed by atoms with Crippen LogP contribution >= 0.6 is 11.9 Å². The summed E-state index contributed by atoms with van der Waals surface area (Å²) < 4.78 is 31.6. The molecular weight excluding hydrogens is 470 g/mol. The summed E-state index contributed by atoms with van der Waals surface area (Å²) in [5.74, 6) is -1.78. The fourth-order valence-electron chi connectivity index (χ4n) is 3.89. The molecule has 1 heterocycles. The molecule has 182 valence electrons. The summed E-state index contributed by atoms with van der Waals surface area (Å²) in [5, 5.41) is 5.45. The largest absolute Gasteiger partial charge is 0.358 e. The SMILES string of the molecule is CC1CN(c2ccc(F)cc2NC(=O)C(Cc2ccccc2)NC(=O)c2ccccc2F)CSN1. The van der Waals surface area contributed by atoms with Crippen molar-refractivity contribution >= 4 is 35.1 Å². The molecule has 0 bridgehead atoms. The van der Waals surface area contributed by atoms with Gasteiger partial charge in [-0.3, -0.25) is 14.3 Å². The Kier molecular flexibility index (Phi) is 7.99. The number of carbonyl (C=O) groups excluding carboxylic acids is 2. The molecule has 35 heavy (non-hydrogen) atoms. The second kappa shape index (κ2) is 11.3. The third-order valence-corrected chi connectivity index (χ3v) is 6.59. The Hall–Kier alpha value is -3.43. The standard InChI is InChI=1S/C26H26F2N4O2S/c1-17-15-32(16-35-31-17)24-12-11-19(27)14-22(24)29-26(34)23(13-18-7-3-2-4-8-18)30-25(33)20-9-5-6-10-21(20)28/h2-12,14,17,23,31H,13,15-16H2,1H3,(H,29,34)(H,30,33). The number of hydrogen-bond acceptors (Lipinski definition) is 5. The van der Waals surface area contributed by atoms with Crippen molar-refractivity contribution in [3.05, 3.63) is 95.6 Å². The molecule has 6 nitrogen and oxygen atoms in total. The Balaban J connectivity index is 1.59. The van der Waals surface area contributed by atoms with Gasteiger partial charge in [-0.25, -0.2) is 8.78 Å². The average molecular weight is 497 g/mol. The summed E-state index contributed by atoms with van der Waals surface area (Å²) in [6.45, 7) is 2.72. The van der Waals surface area contributed by atoms with Gasteiger partial charge in [-0.2, -0.15) is 0 Å². The second-order valence-electron chi connectivity index (χ2n) is 8.36. The van der Waals surface area contributed by atoms with Gasteiger partial charge in [0.2, 0.25) is 5.91 Å². The van der Waals surface area contributed by atoms with Crippen molar-refractivity contribution in [2.45, 2.75) is 25.4 Å². The third kappa shape index (κ3) is 6.37. The lowest BCUT2D eigenvalue weighted by Gasteiger charge is -2.34. The monoisotopic (exact) mass is 496 g/mol. The summed E-state index contributed by atoms with van der Waals surface area (Å²) in [5.41, 5.74) is 1.65. The fourth-order valence-corrected chi connectivity index (χ4v) is 4.72. The summed E-state index contributed by atoms with van der Waals surface area (Å²) in [4.78, 5) is 28.3. The van der Waals surface area contributed by atoms with E-state index in [1.54, 1.807) is 12.1 Å². The van der Waals surface area contributed by atoms with Crippen molar-refractivity contribution < 1.29 is 18.4 Å². The van der Waals surface area contributed by atoms with Crippen molar-refractivity contribution in [1.82, 2.24) is 10.0 Å². The molecule has 2 amide bonds. The van der Waals surface area contributed by atoms with Crippen LogP contribution in [0.2, 0.25) is 0 Å². The lowest BCUT2D eigenvalue weighted by molar-refractivity contribution is -0.118. The first kappa shape index (κ1) is 24.7. The first-order valence-electron chi connectivity index (χ1n) is 11.2. The number of benzene rings is 3. The topological polar surface area (TPSA) is 73.5 Å². The van der Waals surface area contributed by atoms with Gasteiger partial charge in [0.1, 0.15) is 17.7 Å². The predicted octanol–water partition coefficient (Wildman–Crippen LogP) is 4.35. The molecule has 4 rings (SSSR count).